The minimum atomic E-state index is 0.610. The van der Waals surface area contributed by atoms with Crippen LogP contribution in [0.2, 0.25) is 0 Å². The molecule has 0 saturated carbocycles. The highest BCUT2D eigenvalue weighted by atomic mass is 16.5. The van der Waals surface area contributed by atoms with Crippen molar-refractivity contribution in [1.82, 2.24) is 14.9 Å². The number of nitrogens with zero attached hydrogens (tertiary/aromatic N) is 2. The van der Waals surface area contributed by atoms with Gasteiger partial charge in [0, 0.05) is 38.9 Å². The Balaban J connectivity index is 1.71. The van der Waals surface area contributed by atoms with Gasteiger partial charge in [-0.05, 0) is 32.7 Å². The van der Waals surface area contributed by atoms with Crippen molar-refractivity contribution in [2.24, 2.45) is 0 Å². The lowest BCUT2D eigenvalue weighted by Gasteiger charge is -2.24. The molecule has 0 aliphatic carbocycles. The Bertz CT molecular complexity index is 348. The summed E-state index contributed by atoms with van der Waals surface area (Å²) in [4.78, 5) is 4.53. The minimum absolute atomic E-state index is 0.610. The summed E-state index contributed by atoms with van der Waals surface area (Å²) >= 11 is 0. The van der Waals surface area contributed by atoms with E-state index in [1.54, 1.807) is 7.11 Å². The van der Waals surface area contributed by atoms with Gasteiger partial charge in [-0.2, -0.15) is 0 Å². The zero-order valence-corrected chi connectivity index (χ0v) is 10.9. The van der Waals surface area contributed by atoms with Gasteiger partial charge in [0.25, 0.3) is 0 Å². The summed E-state index contributed by atoms with van der Waals surface area (Å²) in [6, 6.07) is 0.610. The molecule has 1 aliphatic heterocycles. The molecule has 0 bridgehead atoms. The molecule has 4 nitrogen and oxygen atoms in total. The molecule has 96 valence electrons. The fourth-order valence-corrected chi connectivity index (χ4v) is 2.43. The Kier molecular flexibility index (Phi) is 4.57. The molecule has 0 spiro atoms. The van der Waals surface area contributed by atoms with Crippen LogP contribution in [0.15, 0.2) is 6.20 Å². The summed E-state index contributed by atoms with van der Waals surface area (Å²) in [6.07, 6.45) is 6.81. The number of imidazole rings is 1. The molecule has 1 aliphatic rings. The van der Waals surface area contributed by atoms with E-state index in [0.29, 0.717) is 6.04 Å². The summed E-state index contributed by atoms with van der Waals surface area (Å²) in [7, 11) is 1.76. The number of hydrogen-bond donors (Lipinski definition) is 1. The van der Waals surface area contributed by atoms with Gasteiger partial charge < -0.3 is 14.6 Å². The molecule has 0 fully saturated rings. The molecule has 1 aromatic rings. The van der Waals surface area contributed by atoms with Gasteiger partial charge in [-0.25, -0.2) is 4.98 Å². The van der Waals surface area contributed by atoms with Crippen LogP contribution in [-0.2, 0) is 17.7 Å². The smallest absolute Gasteiger partial charge is 0.109 e. The van der Waals surface area contributed by atoms with Crippen molar-refractivity contribution < 1.29 is 4.74 Å². The standard InChI is InChI=1S/C13H23N3O/c1-11-9-16-10-12(5-6-13(16)15-11)14-7-3-4-8-17-2/h9,12,14H,3-8,10H2,1-2H3/t12-/m1/s1. The molecule has 0 aromatic carbocycles. The van der Waals surface area contributed by atoms with Gasteiger partial charge >= 0.3 is 0 Å². The first-order valence-electron chi connectivity index (χ1n) is 6.54. The van der Waals surface area contributed by atoms with Gasteiger partial charge in [-0.1, -0.05) is 0 Å². The fraction of sp³-hybridized carbons (Fsp3) is 0.769. The topological polar surface area (TPSA) is 39.1 Å². The average molecular weight is 237 g/mol. The average Bonchev–Trinajstić information content (AvgIpc) is 2.68. The largest absolute Gasteiger partial charge is 0.385 e. The fourth-order valence-electron chi connectivity index (χ4n) is 2.43. The molecule has 1 N–H and O–H groups in total. The van der Waals surface area contributed by atoms with Crippen molar-refractivity contribution in [3.63, 3.8) is 0 Å². The second kappa shape index (κ2) is 6.17. The Morgan fingerprint density at radius 1 is 1.53 bits per heavy atom. The van der Waals surface area contributed by atoms with Crippen LogP contribution in [-0.4, -0.2) is 35.9 Å². The molecule has 2 rings (SSSR count). The molecule has 17 heavy (non-hydrogen) atoms. The summed E-state index contributed by atoms with van der Waals surface area (Å²) in [5.74, 6) is 1.25. The van der Waals surface area contributed by atoms with Crippen molar-refractivity contribution in [2.45, 2.75) is 45.2 Å². The Labute approximate surface area is 103 Å². The number of rotatable bonds is 6. The van der Waals surface area contributed by atoms with Crippen molar-refractivity contribution in [3.05, 3.63) is 17.7 Å². The molecular weight excluding hydrogens is 214 g/mol. The molecule has 1 atom stereocenters. The SMILES string of the molecule is COCCCCN[C@@H]1CCc2nc(C)cn2C1. The van der Waals surface area contributed by atoms with E-state index in [1.165, 1.54) is 18.7 Å². The molecule has 1 aromatic heterocycles. The van der Waals surface area contributed by atoms with E-state index in [-0.39, 0.29) is 0 Å². The molecule has 4 heteroatoms. The maximum atomic E-state index is 5.04. The van der Waals surface area contributed by atoms with Crippen LogP contribution in [0, 0.1) is 6.92 Å². The Morgan fingerprint density at radius 2 is 2.41 bits per heavy atom. The highest BCUT2D eigenvalue weighted by molar-refractivity contribution is 5.05. The molecule has 0 saturated heterocycles. The number of nitrogens with one attached hydrogen (secondary N) is 1. The summed E-state index contributed by atoms with van der Waals surface area (Å²) in [6.45, 7) is 5.10. The highest BCUT2D eigenvalue weighted by Crippen LogP contribution is 2.14. The highest BCUT2D eigenvalue weighted by Gasteiger charge is 2.18. The lowest BCUT2D eigenvalue weighted by Crippen LogP contribution is -2.37. The maximum absolute atomic E-state index is 5.04. The van der Waals surface area contributed by atoms with Crippen LogP contribution >= 0.6 is 0 Å². The molecular formula is C13H23N3O. The van der Waals surface area contributed by atoms with Crippen molar-refractivity contribution in [2.75, 3.05) is 20.3 Å². The maximum Gasteiger partial charge on any atom is 0.109 e. The minimum Gasteiger partial charge on any atom is -0.385 e. The van der Waals surface area contributed by atoms with Crippen LogP contribution in [0.3, 0.4) is 0 Å². The predicted molar refractivity (Wildman–Crippen MR) is 68.2 cm³/mol. The Hall–Kier alpha value is -0.870. The number of unbranched alkanes of at least 4 members (excludes halogenated alkanes) is 1. The number of aromatic nitrogens is 2. The van der Waals surface area contributed by atoms with Gasteiger partial charge in [-0.3, -0.25) is 0 Å². The van der Waals surface area contributed by atoms with E-state index in [0.717, 1.165) is 38.2 Å². The van der Waals surface area contributed by atoms with Crippen molar-refractivity contribution >= 4 is 0 Å². The van der Waals surface area contributed by atoms with E-state index in [9.17, 15) is 0 Å². The van der Waals surface area contributed by atoms with Gasteiger partial charge in [0.15, 0.2) is 0 Å². The number of ether oxygens (including phenoxy) is 1. The Morgan fingerprint density at radius 3 is 3.24 bits per heavy atom. The molecule has 0 radical (unpaired) electrons. The number of methoxy groups -OCH3 is 1. The molecule has 0 amide bonds. The van der Waals surface area contributed by atoms with E-state index in [2.05, 4.69) is 28.0 Å². The zero-order valence-electron chi connectivity index (χ0n) is 10.9. The van der Waals surface area contributed by atoms with E-state index in [1.807, 2.05) is 0 Å². The lowest BCUT2D eigenvalue weighted by molar-refractivity contribution is 0.192. The third-order valence-corrected chi connectivity index (χ3v) is 3.32. The second-order valence-electron chi connectivity index (χ2n) is 4.84. The van der Waals surface area contributed by atoms with E-state index >= 15 is 0 Å². The normalized spacial score (nSPS) is 19.3. The molecule has 0 unspecified atom stereocenters. The van der Waals surface area contributed by atoms with Crippen molar-refractivity contribution in [1.29, 1.82) is 0 Å². The van der Waals surface area contributed by atoms with Crippen LogP contribution < -0.4 is 5.32 Å². The molecule has 2 heterocycles. The third-order valence-electron chi connectivity index (χ3n) is 3.32. The first-order chi connectivity index (χ1) is 8.29. The van der Waals surface area contributed by atoms with Crippen LogP contribution in [0.1, 0.15) is 30.8 Å². The summed E-state index contributed by atoms with van der Waals surface area (Å²) < 4.78 is 7.34. The lowest BCUT2D eigenvalue weighted by atomic mass is 10.1. The number of fused-ring (bicyclic) bond motifs is 1. The predicted octanol–water partition coefficient (Wildman–Crippen LogP) is 1.52. The number of aryl methyl sites for hydroxylation is 2. The van der Waals surface area contributed by atoms with Gasteiger partial charge in [0.2, 0.25) is 0 Å². The van der Waals surface area contributed by atoms with Crippen LogP contribution in [0.25, 0.3) is 0 Å². The first kappa shape index (κ1) is 12.6. The van der Waals surface area contributed by atoms with Crippen LogP contribution in [0.5, 0.6) is 0 Å². The first-order valence-corrected chi connectivity index (χ1v) is 6.54. The summed E-state index contributed by atoms with van der Waals surface area (Å²) in [5, 5.41) is 3.63. The quantitative estimate of drug-likeness (QED) is 0.763. The zero-order chi connectivity index (χ0) is 12.1. The van der Waals surface area contributed by atoms with Gasteiger partial charge in [0.05, 0.1) is 5.69 Å². The number of hydrogen-bond acceptors (Lipinski definition) is 3. The van der Waals surface area contributed by atoms with E-state index < -0.39 is 0 Å². The van der Waals surface area contributed by atoms with E-state index in [4.69, 9.17) is 4.74 Å². The van der Waals surface area contributed by atoms with Crippen molar-refractivity contribution in [3.8, 4) is 0 Å². The monoisotopic (exact) mass is 237 g/mol. The summed E-state index contributed by atoms with van der Waals surface area (Å²) in [5.41, 5.74) is 1.14. The van der Waals surface area contributed by atoms with Crippen LogP contribution in [0.4, 0.5) is 0 Å². The van der Waals surface area contributed by atoms with Gasteiger partial charge in [-0.15, -0.1) is 0 Å². The van der Waals surface area contributed by atoms with Gasteiger partial charge in [0.1, 0.15) is 5.82 Å². The second-order valence-corrected chi connectivity index (χ2v) is 4.84. The third kappa shape index (κ3) is 3.54.